The fraction of sp³-hybridized carbons (Fsp3) is 0.727. The van der Waals surface area contributed by atoms with E-state index >= 15 is 0 Å². The van der Waals surface area contributed by atoms with Crippen LogP contribution in [-0.2, 0) is 11.8 Å². The van der Waals surface area contributed by atoms with Gasteiger partial charge in [-0.25, -0.2) is 0 Å². The maximum atomic E-state index is 10.8. The predicted octanol–water partition coefficient (Wildman–Crippen LogP) is 1.87. The maximum absolute atomic E-state index is 10.8. The third-order valence-corrected chi connectivity index (χ3v) is 2.58. The number of nitro groups is 1. The van der Waals surface area contributed by atoms with Crippen molar-refractivity contribution in [3.05, 3.63) is 15.9 Å². The van der Waals surface area contributed by atoms with Crippen LogP contribution in [0.4, 0.5) is 11.6 Å². The van der Waals surface area contributed by atoms with E-state index in [0.717, 1.165) is 19.4 Å². The van der Waals surface area contributed by atoms with E-state index in [2.05, 4.69) is 17.2 Å². The number of nitrogens with zero attached hydrogens (tertiary/aromatic N) is 3. The Morgan fingerprint density at radius 2 is 2.22 bits per heavy atom. The van der Waals surface area contributed by atoms with Crippen LogP contribution in [0, 0.1) is 17.0 Å². The number of hydrogen-bond donors (Lipinski definition) is 1. The van der Waals surface area contributed by atoms with Crippen molar-refractivity contribution in [2.24, 2.45) is 7.05 Å². The van der Waals surface area contributed by atoms with E-state index in [1.165, 1.54) is 0 Å². The van der Waals surface area contributed by atoms with Crippen molar-refractivity contribution >= 4 is 11.6 Å². The normalized spacial score (nSPS) is 10.6. The Labute approximate surface area is 106 Å². The van der Waals surface area contributed by atoms with Crippen LogP contribution in [0.1, 0.15) is 25.6 Å². The molecule has 0 aromatic carbocycles. The van der Waals surface area contributed by atoms with Crippen molar-refractivity contribution in [3.8, 4) is 0 Å². The van der Waals surface area contributed by atoms with E-state index < -0.39 is 4.92 Å². The minimum absolute atomic E-state index is 0.121. The van der Waals surface area contributed by atoms with Crippen LogP contribution in [0.5, 0.6) is 0 Å². The lowest BCUT2D eigenvalue weighted by molar-refractivity contribution is -0.388. The predicted molar refractivity (Wildman–Crippen MR) is 68.8 cm³/mol. The molecule has 0 aliphatic rings. The molecule has 0 radical (unpaired) electrons. The second-order valence-corrected chi connectivity index (χ2v) is 4.04. The Balaban J connectivity index is 2.48. The van der Waals surface area contributed by atoms with E-state index in [4.69, 9.17) is 4.74 Å². The molecule has 1 rings (SSSR count). The van der Waals surface area contributed by atoms with Gasteiger partial charge >= 0.3 is 5.82 Å². The molecular weight excluding hydrogens is 236 g/mol. The quantitative estimate of drug-likeness (QED) is 0.436. The lowest BCUT2D eigenvalue weighted by Crippen LogP contribution is -2.10. The first-order valence-electron chi connectivity index (χ1n) is 6.07. The maximum Gasteiger partial charge on any atom is 0.406 e. The van der Waals surface area contributed by atoms with E-state index in [9.17, 15) is 10.1 Å². The molecule has 0 bridgehead atoms. The molecule has 0 aliphatic carbocycles. The number of anilines is 1. The summed E-state index contributed by atoms with van der Waals surface area (Å²) in [6, 6.07) is 0. The Hall–Kier alpha value is -1.63. The van der Waals surface area contributed by atoms with Gasteiger partial charge < -0.3 is 20.2 Å². The van der Waals surface area contributed by atoms with Crippen LogP contribution in [-0.4, -0.2) is 34.2 Å². The summed E-state index contributed by atoms with van der Waals surface area (Å²) in [6.07, 6.45) is 1.81. The molecule has 102 valence electrons. The summed E-state index contributed by atoms with van der Waals surface area (Å²) in [7, 11) is 1.76. The molecule has 18 heavy (non-hydrogen) atoms. The van der Waals surface area contributed by atoms with Gasteiger partial charge in [-0.05, 0) is 22.7 Å². The fourth-order valence-corrected chi connectivity index (χ4v) is 1.55. The lowest BCUT2D eigenvalue weighted by Gasteiger charge is -2.06. The van der Waals surface area contributed by atoms with Crippen LogP contribution < -0.4 is 5.32 Å². The molecule has 0 atom stereocenters. The van der Waals surface area contributed by atoms with Gasteiger partial charge in [0.1, 0.15) is 0 Å². The standard InChI is InChI=1S/C11H20N4O3/c1-4-7-18-8-5-6-12-10-11(15(16)17)13-9(2)14(10)3/h12H,4-8H2,1-3H3. The van der Waals surface area contributed by atoms with Gasteiger partial charge in [0.05, 0.1) is 0 Å². The van der Waals surface area contributed by atoms with Gasteiger partial charge in [-0.15, -0.1) is 0 Å². The molecule has 1 aromatic heterocycles. The zero-order valence-corrected chi connectivity index (χ0v) is 11.1. The average Bonchev–Trinajstić information content (AvgIpc) is 2.61. The number of imidazole rings is 1. The molecule has 0 fully saturated rings. The van der Waals surface area contributed by atoms with E-state index in [1.54, 1.807) is 18.5 Å². The van der Waals surface area contributed by atoms with Crippen LogP contribution in [0.2, 0.25) is 0 Å². The summed E-state index contributed by atoms with van der Waals surface area (Å²) in [5.41, 5.74) is 0. The third kappa shape index (κ3) is 3.69. The fourth-order valence-electron chi connectivity index (χ4n) is 1.55. The van der Waals surface area contributed by atoms with Gasteiger partial charge in [0.15, 0.2) is 0 Å². The minimum atomic E-state index is -0.469. The second kappa shape index (κ2) is 6.95. The first kappa shape index (κ1) is 14.4. The van der Waals surface area contributed by atoms with Gasteiger partial charge in [-0.1, -0.05) is 6.92 Å². The minimum Gasteiger partial charge on any atom is -0.381 e. The molecule has 0 unspecified atom stereocenters. The van der Waals surface area contributed by atoms with Crippen molar-refractivity contribution in [2.75, 3.05) is 25.1 Å². The highest BCUT2D eigenvalue weighted by molar-refractivity contribution is 5.53. The largest absolute Gasteiger partial charge is 0.406 e. The summed E-state index contributed by atoms with van der Waals surface area (Å²) >= 11 is 0. The molecular formula is C11H20N4O3. The highest BCUT2D eigenvalue weighted by atomic mass is 16.6. The number of rotatable bonds is 8. The number of aromatic nitrogens is 2. The molecule has 0 amide bonds. The van der Waals surface area contributed by atoms with E-state index in [0.29, 0.717) is 24.8 Å². The number of nitrogens with one attached hydrogen (secondary N) is 1. The molecule has 7 nitrogen and oxygen atoms in total. The summed E-state index contributed by atoms with van der Waals surface area (Å²) < 4.78 is 7.02. The zero-order chi connectivity index (χ0) is 13.5. The van der Waals surface area contributed by atoms with Gasteiger partial charge in [0.25, 0.3) is 0 Å². The summed E-state index contributed by atoms with van der Waals surface area (Å²) in [6.45, 7) is 5.84. The van der Waals surface area contributed by atoms with Gasteiger partial charge in [0.2, 0.25) is 11.6 Å². The van der Waals surface area contributed by atoms with E-state index in [1.807, 2.05) is 0 Å². The zero-order valence-electron chi connectivity index (χ0n) is 11.1. The highest BCUT2D eigenvalue weighted by Crippen LogP contribution is 2.23. The van der Waals surface area contributed by atoms with Crippen LogP contribution in [0.15, 0.2) is 0 Å². The first-order valence-corrected chi connectivity index (χ1v) is 6.07. The number of hydrogen-bond acceptors (Lipinski definition) is 5. The molecule has 7 heteroatoms. The molecule has 1 heterocycles. The summed E-state index contributed by atoms with van der Waals surface area (Å²) in [4.78, 5) is 14.3. The SMILES string of the molecule is CCCOCCCNc1c([N+](=O)[O-])nc(C)n1C. The lowest BCUT2D eigenvalue weighted by atomic mass is 10.4. The third-order valence-electron chi connectivity index (χ3n) is 2.58. The van der Waals surface area contributed by atoms with Gasteiger partial charge in [0, 0.05) is 33.7 Å². The molecule has 1 N–H and O–H groups in total. The molecule has 0 spiro atoms. The van der Waals surface area contributed by atoms with Crippen molar-refractivity contribution in [1.29, 1.82) is 0 Å². The molecule has 0 aliphatic heterocycles. The monoisotopic (exact) mass is 256 g/mol. The van der Waals surface area contributed by atoms with Crippen molar-refractivity contribution < 1.29 is 9.66 Å². The van der Waals surface area contributed by atoms with E-state index in [-0.39, 0.29) is 5.82 Å². The van der Waals surface area contributed by atoms with Crippen LogP contribution >= 0.6 is 0 Å². The van der Waals surface area contributed by atoms with Crippen LogP contribution in [0.25, 0.3) is 0 Å². The summed E-state index contributed by atoms with van der Waals surface area (Å²) in [5, 5.41) is 13.9. The molecule has 0 saturated heterocycles. The van der Waals surface area contributed by atoms with Crippen LogP contribution in [0.3, 0.4) is 0 Å². The Morgan fingerprint density at radius 3 is 2.83 bits per heavy atom. The Bertz CT molecular complexity index is 403. The van der Waals surface area contributed by atoms with Gasteiger partial charge in [-0.2, -0.15) is 0 Å². The molecule has 1 aromatic rings. The number of aryl methyl sites for hydroxylation is 1. The Kier molecular flexibility index (Phi) is 5.57. The van der Waals surface area contributed by atoms with Crippen molar-refractivity contribution in [2.45, 2.75) is 26.7 Å². The Morgan fingerprint density at radius 1 is 1.50 bits per heavy atom. The first-order chi connectivity index (χ1) is 8.57. The van der Waals surface area contributed by atoms with Gasteiger partial charge in [-0.3, -0.25) is 4.57 Å². The summed E-state index contributed by atoms with van der Waals surface area (Å²) in [5.74, 6) is 0.948. The topological polar surface area (TPSA) is 82.2 Å². The number of ether oxygens (including phenoxy) is 1. The smallest absolute Gasteiger partial charge is 0.381 e. The average molecular weight is 256 g/mol. The second-order valence-electron chi connectivity index (χ2n) is 4.04. The molecule has 0 saturated carbocycles. The van der Waals surface area contributed by atoms with Crippen molar-refractivity contribution in [3.63, 3.8) is 0 Å². The highest BCUT2D eigenvalue weighted by Gasteiger charge is 2.22. The van der Waals surface area contributed by atoms with Crippen molar-refractivity contribution in [1.82, 2.24) is 9.55 Å².